The van der Waals surface area contributed by atoms with Crippen LogP contribution in [-0.4, -0.2) is 10.9 Å². The summed E-state index contributed by atoms with van der Waals surface area (Å²) in [5.74, 6) is -0.332. The van der Waals surface area contributed by atoms with Gasteiger partial charge in [0.05, 0.1) is 11.6 Å². The van der Waals surface area contributed by atoms with Crippen LogP contribution in [0.25, 0.3) is 0 Å². The van der Waals surface area contributed by atoms with Crippen molar-refractivity contribution >= 4 is 23.2 Å². The predicted molar refractivity (Wildman–Crippen MR) is 77.5 cm³/mol. The number of aryl methyl sites for hydroxylation is 1. The minimum Gasteiger partial charge on any atom is -0.323 e. The molecule has 0 spiro atoms. The van der Waals surface area contributed by atoms with Crippen LogP contribution in [0.2, 0.25) is 5.15 Å². The van der Waals surface area contributed by atoms with Crippen LogP contribution in [0.4, 0.5) is 5.69 Å². The van der Waals surface area contributed by atoms with Gasteiger partial charge in [-0.05, 0) is 31.0 Å². The van der Waals surface area contributed by atoms with E-state index in [1.807, 2.05) is 50.2 Å². The van der Waals surface area contributed by atoms with Gasteiger partial charge in [0.15, 0.2) is 5.15 Å². The highest BCUT2D eigenvalue weighted by Crippen LogP contribution is 2.25. The van der Waals surface area contributed by atoms with Crippen molar-refractivity contribution in [2.24, 2.45) is 0 Å². The average molecular weight is 275 g/mol. The Balaban J connectivity index is 2.18. The molecule has 0 radical (unpaired) electrons. The zero-order valence-corrected chi connectivity index (χ0v) is 11.6. The van der Waals surface area contributed by atoms with Gasteiger partial charge in [0.25, 0.3) is 0 Å². The minimum absolute atomic E-state index is 0.0933. The Kier molecular flexibility index (Phi) is 4.17. The minimum atomic E-state index is -0.239. The molecule has 3 nitrogen and oxygen atoms in total. The molecule has 2 aromatic rings. The number of pyridine rings is 1. The first-order valence-electron chi connectivity index (χ1n) is 6.06. The molecule has 1 aromatic heterocycles. The number of nitrogens with one attached hydrogen (secondary N) is 1. The molecule has 1 N–H and O–H groups in total. The monoisotopic (exact) mass is 274 g/mol. The van der Waals surface area contributed by atoms with Crippen LogP contribution >= 0.6 is 11.6 Å². The van der Waals surface area contributed by atoms with Gasteiger partial charge in [0.1, 0.15) is 0 Å². The van der Waals surface area contributed by atoms with Crippen LogP contribution in [0.5, 0.6) is 0 Å². The number of benzene rings is 1. The van der Waals surface area contributed by atoms with Crippen molar-refractivity contribution in [1.29, 1.82) is 0 Å². The summed E-state index contributed by atoms with van der Waals surface area (Å²) < 4.78 is 0. The molecule has 98 valence electrons. The maximum absolute atomic E-state index is 12.2. The molecule has 2 rings (SSSR count). The lowest BCUT2D eigenvalue weighted by Gasteiger charge is -2.14. The molecule has 0 saturated carbocycles. The quantitative estimate of drug-likeness (QED) is 0.866. The lowest BCUT2D eigenvalue weighted by Crippen LogP contribution is -2.19. The molecule has 1 heterocycles. The van der Waals surface area contributed by atoms with Crippen molar-refractivity contribution in [1.82, 2.24) is 4.98 Å². The summed E-state index contributed by atoms with van der Waals surface area (Å²) in [6.45, 7) is 3.75. The number of aromatic nitrogens is 1. The smallest absolute Gasteiger partial charge is 0.231 e. The highest BCUT2D eigenvalue weighted by molar-refractivity contribution is 6.32. The van der Waals surface area contributed by atoms with Crippen LogP contribution in [-0.2, 0) is 4.79 Å². The summed E-state index contributed by atoms with van der Waals surface area (Å²) in [5, 5.41) is 3.16. The molecule has 0 aliphatic carbocycles. The Hall–Kier alpha value is -1.87. The first kappa shape index (κ1) is 13.6. The van der Waals surface area contributed by atoms with E-state index in [0.717, 1.165) is 11.1 Å². The number of carbonyl (C=O) groups is 1. The molecule has 0 fully saturated rings. The van der Waals surface area contributed by atoms with E-state index < -0.39 is 0 Å². The Bertz CT molecular complexity index is 564. The van der Waals surface area contributed by atoms with Gasteiger partial charge in [-0.1, -0.05) is 41.9 Å². The van der Waals surface area contributed by atoms with Gasteiger partial charge >= 0.3 is 0 Å². The fourth-order valence-corrected chi connectivity index (χ4v) is 2.05. The van der Waals surface area contributed by atoms with Crippen molar-refractivity contribution in [2.45, 2.75) is 19.8 Å². The van der Waals surface area contributed by atoms with Crippen molar-refractivity contribution in [2.75, 3.05) is 5.32 Å². The molecule has 19 heavy (non-hydrogen) atoms. The summed E-state index contributed by atoms with van der Waals surface area (Å²) in [6, 6.07) is 11.4. The van der Waals surface area contributed by atoms with Crippen LogP contribution < -0.4 is 5.32 Å². The molecule has 1 aromatic carbocycles. The van der Waals surface area contributed by atoms with E-state index in [-0.39, 0.29) is 11.8 Å². The van der Waals surface area contributed by atoms with Gasteiger partial charge in [0.2, 0.25) is 5.91 Å². The number of amides is 1. The standard InChI is InChI=1S/C15H15ClN2O/c1-10-8-9-17-14(16)13(10)18-15(19)11(2)12-6-4-3-5-7-12/h3-9,11H,1-2H3,(H,18,19). The highest BCUT2D eigenvalue weighted by Gasteiger charge is 2.17. The van der Waals surface area contributed by atoms with Crippen LogP contribution in [0.3, 0.4) is 0 Å². The SMILES string of the molecule is Cc1ccnc(Cl)c1NC(=O)C(C)c1ccccc1. The van der Waals surface area contributed by atoms with Crippen molar-refractivity contribution < 1.29 is 4.79 Å². The van der Waals surface area contributed by atoms with E-state index in [0.29, 0.717) is 10.8 Å². The van der Waals surface area contributed by atoms with Crippen molar-refractivity contribution in [3.8, 4) is 0 Å². The number of carbonyl (C=O) groups excluding carboxylic acids is 1. The van der Waals surface area contributed by atoms with E-state index in [9.17, 15) is 4.79 Å². The number of hydrogen-bond acceptors (Lipinski definition) is 2. The maximum atomic E-state index is 12.2. The molecule has 0 aliphatic rings. The van der Waals surface area contributed by atoms with E-state index in [4.69, 9.17) is 11.6 Å². The molecule has 0 saturated heterocycles. The second-order valence-electron chi connectivity index (χ2n) is 4.42. The molecular weight excluding hydrogens is 260 g/mol. The van der Waals surface area contributed by atoms with Crippen LogP contribution in [0.1, 0.15) is 24.0 Å². The van der Waals surface area contributed by atoms with Gasteiger partial charge in [-0.2, -0.15) is 0 Å². The van der Waals surface area contributed by atoms with Crippen molar-refractivity contribution in [3.63, 3.8) is 0 Å². The van der Waals surface area contributed by atoms with Crippen molar-refractivity contribution in [3.05, 3.63) is 58.9 Å². The molecule has 0 aliphatic heterocycles. The van der Waals surface area contributed by atoms with Gasteiger partial charge in [-0.3, -0.25) is 4.79 Å². The summed E-state index contributed by atoms with van der Waals surface area (Å²) in [6.07, 6.45) is 1.62. The Labute approximate surface area is 117 Å². The first-order valence-corrected chi connectivity index (χ1v) is 6.44. The van der Waals surface area contributed by atoms with E-state index in [2.05, 4.69) is 10.3 Å². The second kappa shape index (κ2) is 5.85. The zero-order valence-electron chi connectivity index (χ0n) is 10.9. The number of anilines is 1. The molecule has 1 amide bonds. The number of rotatable bonds is 3. The summed E-state index contributed by atoms with van der Waals surface area (Å²) in [7, 11) is 0. The zero-order chi connectivity index (χ0) is 13.8. The number of nitrogens with zero attached hydrogens (tertiary/aromatic N) is 1. The third kappa shape index (κ3) is 3.12. The van der Waals surface area contributed by atoms with E-state index >= 15 is 0 Å². The largest absolute Gasteiger partial charge is 0.323 e. The Morgan fingerprint density at radius 2 is 1.95 bits per heavy atom. The number of hydrogen-bond donors (Lipinski definition) is 1. The van der Waals surface area contributed by atoms with E-state index in [1.54, 1.807) is 6.20 Å². The Morgan fingerprint density at radius 3 is 2.58 bits per heavy atom. The third-order valence-electron chi connectivity index (χ3n) is 3.05. The lowest BCUT2D eigenvalue weighted by atomic mass is 10.0. The summed E-state index contributed by atoms with van der Waals surface area (Å²) in [4.78, 5) is 16.2. The molecule has 1 atom stereocenters. The van der Waals surface area contributed by atoms with Crippen LogP contribution in [0.15, 0.2) is 42.6 Å². The number of halogens is 1. The van der Waals surface area contributed by atoms with Gasteiger partial charge in [-0.15, -0.1) is 0 Å². The summed E-state index contributed by atoms with van der Waals surface area (Å²) in [5.41, 5.74) is 2.45. The molecule has 4 heteroatoms. The van der Waals surface area contributed by atoms with Gasteiger partial charge in [-0.25, -0.2) is 4.98 Å². The fraction of sp³-hybridized carbons (Fsp3) is 0.200. The predicted octanol–water partition coefficient (Wildman–Crippen LogP) is 3.79. The average Bonchev–Trinajstić information content (AvgIpc) is 2.43. The third-order valence-corrected chi connectivity index (χ3v) is 3.34. The maximum Gasteiger partial charge on any atom is 0.231 e. The topological polar surface area (TPSA) is 42.0 Å². The lowest BCUT2D eigenvalue weighted by molar-refractivity contribution is -0.117. The van der Waals surface area contributed by atoms with Crippen LogP contribution in [0, 0.1) is 6.92 Å². The van der Waals surface area contributed by atoms with E-state index in [1.165, 1.54) is 0 Å². The Morgan fingerprint density at radius 1 is 1.26 bits per heavy atom. The fourth-order valence-electron chi connectivity index (χ4n) is 1.80. The molecule has 1 unspecified atom stereocenters. The highest BCUT2D eigenvalue weighted by atomic mass is 35.5. The second-order valence-corrected chi connectivity index (χ2v) is 4.77. The summed E-state index contributed by atoms with van der Waals surface area (Å²) >= 11 is 6.00. The normalized spacial score (nSPS) is 11.9. The van der Waals surface area contributed by atoms with Gasteiger partial charge < -0.3 is 5.32 Å². The first-order chi connectivity index (χ1) is 9.09. The molecule has 0 bridgehead atoms. The molecular formula is C15H15ClN2O. The van der Waals surface area contributed by atoms with Gasteiger partial charge in [0, 0.05) is 6.20 Å².